The minimum atomic E-state index is -0.360. The van der Waals surface area contributed by atoms with Crippen molar-refractivity contribution in [3.05, 3.63) is 83.4 Å². The molecule has 0 unspecified atom stereocenters. The second-order valence-electron chi connectivity index (χ2n) is 7.82. The first-order valence-electron chi connectivity index (χ1n) is 9.73. The molecule has 0 spiro atoms. The highest BCUT2D eigenvalue weighted by Crippen LogP contribution is 2.51. The second kappa shape index (κ2) is 6.52. The van der Waals surface area contributed by atoms with Gasteiger partial charge in [-0.25, -0.2) is 0 Å². The molecule has 0 bridgehead atoms. The Hall–Kier alpha value is -3.07. The lowest BCUT2D eigenvalue weighted by molar-refractivity contribution is -0.120. The van der Waals surface area contributed by atoms with Crippen LogP contribution in [0, 0.1) is 6.92 Å². The standard InChI is InChI=1S/C25H22O3/c1-17-5-7-19(8-6-17)20-4-2-3-18(13-20)14-24(26)25(11-12-25)21-9-10-22-23(15-21)28-16-27-22/h2-10,13,15H,11-12,14,16H2,1H3. The minimum Gasteiger partial charge on any atom is -0.454 e. The fourth-order valence-electron chi connectivity index (χ4n) is 4.01. The van der Waals surface area contributed by atoms with E-state index in [1.807, 2.05) is 30.3 Å². The van der Waals surface area contributed by atoms with Crippen LogP contribution >= 0.6 is 0 Å². The highest BCUT2D eigenvalue weighted by molar-refractivity contribution is 5.95. The zero-order chi connectivity index (χ0) is 19.1. The smallest absolute Gasteiger partial charge is 0.231 e. The fourth-order valence-corrected chi connectivity index (χ4v) is 4.01. The molecule has 3 nitrogen and oxygen atoms in total. The molecule has 1 aliphatic carbocycles. The van der Waals surface area contributed by atoms with Crippen molar-refractivity contribution < 1.29 is 14.3 Å². The van der Waals surface area contributed by atoms with Gasteiger partial charge in [0.15, 0.2) is 11.5 Å². The van der Waals surface area contributed by atoms with Crippen molar-refractivity contribution in [2.75, 3.05) is 6.79 Å². The Balaban J connectivity index is 1.38. The molecule has 0 amide bonds. The lowest BCUT2D eigenvalue weighted by Gasteiger charge is -2.15. The van der Waals surface area contributed by atoms with E-state index in [1.54, 1.807) is 0 Å². The Morgan fingerprint density at radius 1 is 0.893 bits per heavy atom. The van der Waals surface area contributed by atoms with Crippen LogP contribution in [-0.2, 0) is 16.6 Å². The van der Waals surface area contributed by atoms with Gasteiger partial charge in [-0.15, -0.1) is 0 Å². The van der Waals surface area contributed by atoms with Crippen molar-refractivity contribution in [2.45, 2.75) is 31.6 Å². The number of hydrogen-bond acceptors (Lipinski definition) is 3. The lowest BCUT2D eigenvalue weighted by Crippen LogP contribution is -2.22. The molecule has 0 aromatic heterocycles. The van der Waals surface area contributed by atoms with Crippen molar-refractivity contribution >= 4 is 5.78 Å². The van der Waals surface area contributed by atoms with Gasteiger partial charge in [-0.05, 0) is 54.2 Å². The molecular formula is C25H22O3. The van der Waals surface area contributed by atoms with Gasteiger partial charge in [0.25, 0.3) is 0 Å². The van der Waals surface area contributed by atoms with Crippen LogP contribution in [0.2, 0.25) is 0 Å². The molecule has 5 rings (SSSR count). The number of Topliss-reactive ketones (excluding diaryl/α,β-unsaturated/α-hetero) is 1. The van der Waals surface area contributed by atoms with Gasteiger partial charge in [0.05, 0.1) is 5.41 Å². The number of carbonyl (C=O) groups is 1. The summed E-state index contributed by atoms with van der Waals surface area (Å²) in [6, 6.07) is 22.7. The summed E-state index contributed by atoms with van der Waals surface area (Å²) in [6.45, 7) is 2.34. The zero-order valence-corrected chi connectivity index (χ0v) is 15.9. The number of ether oxygens (including phenoxy) is 2. The van der Waals surface area contributed by atoms with Gasteiger partial charge in [-0.2, -0.15) is 0 Å². The lowest BCUT2D eigenvalue weighted by atomic mass is 9.87. The van der Waals surface area contributed by atoms with Crippen LogP contribution in [0.25, 0.3) is 11.1 Å². The first kappa shape index (κ1) is 17.1. The van der Waals surface area contributed by atoms with E-state index in [2.05, 4.69) is 43.3 Å². The molecule has 28 heavy (non-hydrogen) atoms. The van der Waals surface area contributed by atoms with E-state index < -0.39 is 0 Å². The van der Waals surface area contributed by atoms with E-state index in [0.717, 1.165) is 41.0 Å². The van der Waals surface area contributed by atoms with Gasteiger partial charge in [-0.1, -0.05) is 60.2 Å². The molecule has 0 N–H and O–H groups in total. The van der Waals surface area contributed by atoms with E-state index in [0.29, 0.717) is 6.42 Å². The van der Waals surface area contributed by atoms with Gasteiger partial charge in [0.1, 0.15) is 5.78 Å². The summed E-state index contributed by atoms with van der Waals surface area (Å²) >= 11 is 0. The van der Waals surface area contributed by atoms with Crippen molar-refractivity contribution in [3.8, 4) is 22.6 Å². The molecule has 1 fully saturated rings. The third kappa shape index (κ3) is 2.97. The molecule has 3 aromatic rings. The number of aryl methyl sites for hydroxylation is 1. The third-order valence-corrected chi connectivity index (χ3v) is 5.89. The number of benzene rings is 3. The van der Waals surface area contributed by atoms with E-state index in [9.17, 15) is 4.79 Å². The van der Waals surface area contributed by atoms with E-state index >= 15 is 0 Å². The maximum Gasteiger partial charge on any atom is 0.231 e. The Morgan fingerprint density at radius 3 is 2.46 bits per heavy atom. The molecule has 0 saturated heterocycles. The molecular weight excluding hydrogens is 348 g/mol. The van der Waals surface area contributed by atoms with Gasteiger partial charge < -0.3 is 9.47 Å². The monoisotopic (exact) mass is 370 g/mol. The quantitative estimate of drug-likeness (QED) is 0.617. The van der Waals surface area contributed by atoms with Crippen LogP contribution in [-0.4, -0.2) is 12.6 Å². The van der Waals surface area contributed by atoms with Crippen LogP contribution < -0.4 is 9.47 Å². The first-order chi connectivity index (χ1) is 13.6. The number of rotatable bonds is 5. The van der Waals surface area contributed by atoms with Crippen molar-refractivity contribution in [1.82, 2.24) is 0 Å². The zero-order valence-electron chi connectivity index (χ0n) is 15.9. The number of carbonyl (C=O) groups excluding carboxylic acids is 1. The molecule has 1 heterocycles. The highest BCUT2D eigenvalue weighted by atomic mass is 16.7. The molecule has 0 radical (unpaired) electrons. The van der Waals surface area contributed by atoms with E-state index in [4.69, 9.17) is 9.47 Å². The average Bonchev–Trinajstić information content (AvgIpc) is 3.40. The maximum absolute atomic E-state index is 13.2. The molecule has 2 aliphatic rings. The van der Waals surface area contributed by atoms with Crippen molar-refractivity contribution in [1.29, 1.82) is 0 Å². The molecule has 0 atom stereocenters. The molecule has 140 valence electrons. The highest BCUT2D eigenvalue weighted by Gasteiger charge is 2.50. The van der Waals surface area contributed by atoms with Crippen LogP contribution in [0.1, 0.15) is 29.5 Å². The predicted molar refractivity (Wildman–Crippen MR) is 109 cm³/mol. The summed E-state index contributed by atoms with van der Waals surface area (Å²) in [7, 11) is 0. The van der Waals surface area contributed by atoms with Gasteiger partial charge in [0.2, 0.25) is 6.79 Å². The van der Waals surface area contributed by atoms with Gasteiger partial charge >= 0.3 is 0 Å². The molecule has 1 saturated carbocycles. The summed E-state index contributed by atoms with van der Waals surface area (Å²) in [6.07, 6.45) is 2.26. The Labute approximate surface area is 164 Å². The van der Waals surface area contributed by atoms with Crippen LogP contribution in [0.15, 0.2) is 66.7 Å². The second-order valence-corrected chi connectivity index (χ2v) is 7.82. The normalized spacial score (nSPS) is 16.0. The number of ketones is 1. The predicted octanol–water partition coefficient (Wildman–Crippen LogP) is 5.23. The molecule has 1 aliphatic heterocycles. The summed E-state index contributed by atoms with van der Waals surface area (Å²) in [4.78, 5) is 13.2. The van der Waals surface area contributed by atoms with Crippen molar-refractivity contribution in [2.24, 2.45) is 0 Å². The Morgan fingerprint density at radius 2 is 1.68 bits per heavy atom. The summed E-state index contributed by atoms with van der Waals surface area (Å²) < 4.78 is 10.9. The SMILES string of the molecule is Cc1ccc(-c2cccc(CC(=O)C3(c4ccc5c(c4)OCO5)CC3)c2)cc1. The van der Waals surface area contributed by atoms with E-state index in [1.165, 1.54) is 11.1 Å². The average molecular weight is 370 g/mol. The van der Waals surface area contributed by atoms with Gasteiger partial charge in [-0.3, -0.25) is 4.79 Å². The Kier molecular flexibility index (Phi) is 3.97. The number of fused-ring (bicyclic) bond motifs is 1. The van der Waals surface area contributed by atoms with Gasteiger partial charge in [0, 0.05) is 6.42 Å². The topological polar surface area (TPSA) is 35.5 Å². The minimum absolute atomic E-state index is 0.255. The molecule has 3 heteroatoms. The summed E-state index contributed by atoms with van der Waals surface area (Å²) in [5.41, 5.74) is 5.33. The van der Waals surface area contributed by atoms with Crippen LogP contribution in [0.4, 0.5) is 0 Å². The molecule has 3 aromatic carbocycles. The summed E-state index contributed by atoms with van der Waals surface area (Å²) in [5, 5.41) is 0. The number of hydrogen-bond donors (Lipinski definition) is 0. The first-order valence-corrected chi connectivity index (χ1v) is 9.73. The maximum atomic E-state index is 13.2. The van der Waals surface area contributed by atoms with Crippen molar-refractivity contribution in [3.63, 3.8) is 0 Å². The van der Waals surface area contributed by atoms with E-state index in [-0.39, 0.29) is 18.0 Å². The third-order valence-electron chi connectivity index (χ3n) is 5.89. The largest absolute Gasteiger partial charge is 0.454 e. The fraction of sp³-hybridized carbons (Fsp3) is 0.240. The van der Waals surface area contributed by atoms with Crippen LogP contribution in [0.5, 0.6) is 11.5 Å². The van der Waals surface area contributed by atoms with Crippen LogP contribution in [0.3, 0.4) is 0 Å². The summed E-state index contributed by atoms with van der Waals surface area (Å²) in [5.74, 6) is 1.79. The Bertz CT molecular complexity index is 1050.